The molecule has 8 heteroatoms. The highest BCUT2D eigenvalue weighted by atomic mass is 16.5. The normalized spacial score (nSPS) is 10.8. The number of benzene rings is 2. The minimum atomic E-state index is -0.298. The zero-order valence-electron chi connectivity index (χ0n) is 19.5. The first kappa shape index (κ1) is 24.1. The van der Waals surface area contributed by atoms with Crippen LogP contribution in [0.1, 0.15) is 19.5 Å². The van der Waals surface area contributed by atoms with Crippen LogP contribution in [0.15, 0.2) is 59.2 Å². The number of para-hydroxylation sites is 2. The lowest BCUT2D eigenvalue weighted by Crippen LogP contribution is -2.31. The van der Waals surface area contributed by atoms with Crippen molar-refractivity contribution in [3.05, 3.63) is 60.5 Å². The van der Waals surface area contributed by atoms with E-state index in [1.165, 1.54) is 0 Å². The number of hydrogen-bond donors (Lipinski definition) is 2. The first-order valence-corrected chi connectivity index (χ1v) is 11.2. The number of carbonyl (C=O) groups is 1. The Labute approximate surface area is 194 Å². The molecule has 8 nitrogen and oxygen atoms in total. The molecule has 0 spiro atoms. The number of rotatable bonds is 12. The second-order valence-corrected chi connectivity index (χ2v) is 7.37. The lowest BCUT2D eigenvalue weighted by atomic mass is 10.2. The van der Waals surface area contributed by atoms with Crippen LogP contribution in [0.3, 0.4) is 0 Å². The average molecular weight is 453 g/mol. The molecular formula is C25H32N4O4. The molecule has 0 unspecified atom stereocenters. The number of nitrogens with zero attached hydrogens (tertiary/aromatic N) is 2. The molecule has 0 aliphatic rings. The number of oxazole rings is 1. The fourth-order valence-corrected chi connectivity index (χ4v) is 3.28. The van der Waals surface area contributed by atoms with Crippen molar-refractivity contribution < 1.29 is 18.7 Å². The van der Waals surface area contributed by atoms with Crippen LogP contribution < -0.4 is 20.1 Å². The van der Waals surface area contributed by atoms with Gasteiger partial charge in [0, 0.05) is 25.1 Å². The van der Waals surface area contributed by atoms with Crippen molar-refractivity contribution in [3.63, 3.8) is 0 Å². The van der Waals surface area contributed by atoms with Gasteiger partial charge in [0.2, 0.25) is 5.89 Å². The summed E-state index contributed by atoms with van der Waals surface area (Å²) in [6.07, 6.45) is 2.16. The summed E-state index contributed by atoms with van der Waals surface area (Å²) in [6.45, 7) is 8.04. The number of carbonyl (C=O) groups excluding carboxylic acids is 1. The van der Waals surface area contributed by atoms with Gasteiger partial charge in [-0.2, -0.15) is 0 Å². The van der Waals surface area contributed by atoms with Crippen molar-refractivity contribution in [2.75, 3.05) is 45.2 Å². The molecule has 1 aromatic heterocycles. The minimum absolute atomic E-state index is 0.298. The van der Waals surface area contributed by atoms with Gasteiger partial charge in [0.05, 0.1) is 18.5 Å². The van der Waals surface area contributed by atoms with Crippen LogP contribution in [0.5, 0.6) is 11.5 Å². The summed E-state index contributed by atoms with van der Waals surface area (Å²) in [7, 11) is 1.63. The van der Waals surface area contributed by atoms with Crippen LogP contribution in [0.4, 0.5) is 10.5 Å². The molecule has 0 saturated carbocycles. The quantitative estimate of drug-likeness (QED) is 0.423. The summed E-state index contributed by atoms with van der Waals surface area (Å²) in [6, 6.07) is 14.6. The molecule has 0 aliphatic carbocycles. The molecule has 33 heavy (non-hydrogen) atoms. The number of amides is 2. The van der Waals surface area contributed by atoms with E-state index < -0.39 is 0 Å². The second-order valence-electron chi connectivity index (χ2n) is 7.37. The third-order valence-electron chi connectivity index (χ3n) is 5.25. The van der Waals surface area contributed by atoms with E-state index in [0.717, 1.165) is 36.6 Å². The van der Waals surface area contributed by atoms with E-state index in [4.69, 9.17) is 13.9 Å². The maximum atomic E-state index is 12.4. The highest BCUT2D eigenvalue weighted by Crippen LogP contribution is 2.24. The topological polar surface area (TPSA) is 88.9 Å². The number of urea groups is 1. The lowest BCUT2D eigenvalue weighted by Gasteiger charge is -2.19. The summed E-state index contributed by atoms with van der Waals surface area (Å²) in [5.41, 5.74) is 2.27. The van der Waals surface area contributed by atoms with Gasteiger partial charge < -0.3 is 29.4 Å². The monoisotopic (exact) mass is 452 g/mol. The Balaban J connectivity index is 1.46. The van der Waals surface area contributed by atoms with Gasteiger partial charge in [-0.1, -0.05) is 26.0 Å². The Bertz CT molecular complexity index is 1000. The van der Waals surface area contributed by atoms with Crippen molar-refractivity contribution >= 4 is 11.7 Å². The Morgan fingerprint density at radius 3 is 2.58 bits per heavy atom. The van der Waals surface area contributed by atoms with Crippen molar-refractivity contribution in [2.45, 2.75) is 20.3 Å². The van der Waals surface area contributed by atoms with Crippen LogP contribution in [0.2, 0.25) is 0 Å². The molecule has 3 aromatic rings. The van der Waals surface area contributed by atoms with Gasteiger partial charge in [-0.25, -0.2) is 9.78 Å². The van der Waals surface area contributed by atoms with E-state index in [0.29, 0.717) is 36.9 Å². The molecule has 0 saturated heterocycles. The molecule has 0 atom stereocenters. The van der Waals surface area contributed by atoms with Gasteiger partial charge in [-0.05, 0) is 49.5 Å². The summed E-state index contributed by atoms with van der Waals surface area (Å²) >= 11 is 0. The Morgan fingerprint density at radius 2 is 1.85 bits per heavy atom. The molecule has 0 radical (unpaired) electrons. The van der Waals surface area contributed by atoms with E-state index in [2.05, 4.69) is 34.4 Å². The fourth-order valence-electron chi connectivity index (χ4n) is 3.28. The fraction of sp³-hybridized carbons (Fsp3) is 0.360. The molecule has 1 heterocycles. The standard InChI is InChI=1S/C25H32N4O4/c1-4-29(5-2)16-17-32-23-9-7-6-8-22(23)28-25(30)26-15-14-20-18-33-24(27-20)19-10-12-21(31-3)13-11-19/h6-13,18H,4-5,14-17H2,1-3H3,(H2,26,28,30). The van der Waals surface area contributed by atoms with E-state index >= 15 is 0 Å². The predicted molar refractivity (Wildman–Crippen MR) is 129 cm³/mol. The van der Waals surface area contributed by atoms with Crippen LogP contribution in [0.25, 0.3) is 11.5 Å². The summed E-state index contributed by atoms with van der Waals surface area (Å²) in [5, 5.41) is 5.71. The summed E-state index contributed by atoms with van der Waals surface area (Å²) < 4.78 is 16.6. The zero-order chi connectivity index (χ0) is 23.5. The molecule has 0 aliphatic heterocycles. The number of nitrogens with one attached hydrogen (secondary N) is 2. The maximum absolute atomic E-state index is 12.4. The van der Waals surface area contributed by atoms with E-state index in [-0.39, 0.29) is 6.03 Å². The second kappa shape index (κ2) is 12.5. The first-order chi connectivity index (χ1) is 16.1. The maximum Gasteiger partial charge on any atom is 0.319 e. The number of ether oxygens (including phenoxy) is 2. The van der Waals surface area contributed by atoms with Crippen LogP contribution >= 0.6 is 0 Å². The largest absolute Gasteiger partial charge is 0.497 e. The van der Waals surface area contributed by atoms with E-state index in [1.807, 2.05) is 48.5 Å². The molecule has 2 amide bonds. The van der Waals surface area contributed by atoms with Gasteiger partial charge in [0.15, 0.2) is 0 Å². The third kappa shape index (κ3) is 7.25. The molecule has 2 aromatic carbocycles. The summed E-state index contributed by atoms with van der Waals surface area (Å²) in [4.78, 5) is 19.1. The number of aromatic nitrogens is 1. The smallest absolute Gasteiger partial charge is 0.319 e. The minimum Gasteiger partial charge on any atom is -0.497 e. The molecule has 176 valence electrons. The molecule has 2 N–H and O–H groups in total. The van der Waals surface area contributed by atoms with Crippen molar-refractivity contribution in [2.24, 2.45) is 0 Å². The number of methoxy groups -OCH3 is 1. The lowest BCUT2D eigenvalue weighted by molar-refractivity contribution is 0.223. The molecule has 0 bridgehead atoms. The van der Waals surface area contributed by atoms with Crippen molar-refractivity contribution in [1.29, 1.82) is 0 Å². The van der Waals surface area contributed by atoms with Gasteiger partial charge in [-0.15, -0.1) is 0 Å². The average Bonchev–Trinajstić information content (AvgIpc) is 3.32. The van der Waals surface area contributed by atoms with Gasteiger partial charge in [0.25, 0.3) is 0 Å². The van der Waals surface area contributed by atoms with Gasteiger partial charge >= 0.3 is 6.03 Å². The number of likely N-dealkylation sites (N-methyl/N-ethyl adjacent to an activating group) is 1. The number of hydrogen-bond acceptors (Lipinski definition) is 6. The Kier molecular flexibility index (Phi) is 9.14. The highest BCUT2D eigenvalue weighted by Gasteiger charge is 2.10. The van der Waals surface area contributed by atoms with Crippen LogP contribution in [-0.2, 0) is 6.42 Å². The van der Waals surface area contributed by atoms with Gasteiger partial charge in [-0.3, -0.25) is 0 Å². The summed E-state index contributed by atoms with van der Waals surface area (Å²) in [5.74, 6) is 1.96. The third-order valence-corrected chi connectivity index (χ3v) is 5.25. The van der Waals surface area contributed by atoms with E-state index in [9.17, 15) is 4.79 Å². The SMILES string of the molecule is CCN(CC)CCOc1ccccc1NC(=O)NCCc1coc(-c2ccc(OC)cc2)n1. The predicted octanol–water partition coefficient (Wildman–Crippen LogP) is 4.44. The Morgan fingerprint density at radius 1 is 1.09 bits per heavy atom. The van der Waals surface area contributed by atoms with Crippen molar-refractivity contribution in [1.82, 2.24) is 15.2 Å². The van der Waals surface area contributed by atoms with Crippen LogP contribution in [0, 0.1) is 0 Å². The Hall–Kier alpha value is -3.52. The first-order valence-electron chi connectivity index (χ1n) is 11.2. The highest BCUT2D eigenvalue weighted by molar-refractivity contribution is 5.90. The number of anilines is 1. The molecule has 0 fully saturated rings. The van der Waals surface area contributed by atoms with Crippen molar-refractivity contribution in [3.8, 4) is 23.0 Å². The van der Waals surface area contributed by atoms with E-state index in [1.54, 1.807) is 13.4 Å². The van der Waals surface area contributed by atoms with Crippen LogP contribution in [-0.4, -0.2) is 55.8 Å². The van der Waals surface area contributed by atoms with Gasteiger partial charge in [0.1, 0.15) is 24.4 Å². The zero-order valence-corrected chi connectivity index (χ0v) is 19.5. The molecular weight excluding hydrogens is 420 g/mol. The molecule has 3 rings (SSSR count).